The summed E-state index contributed by atoms with van der Waals surface area (Å²) in [6.07, 6.45) is -0.0181. The van der Waals surface area contributed by atoms with E-state index in [0.717, 1.165) is 6.07 Å². The number of halogens is 2. The molecule has 0 saturated heterocycles. The maximum absolute atomic E-state index is 13.8. The lowest BCUT2D eigenvalue weighted by Crippen LogP contribution is -2.45. The summed E-state index contributed by atoms with van der Waals surface area (Å²) in [5.41, 5.74) is 15.6. The molecule has 1 unspecified atom stereocenters. The van der Waals surface area contributed by atoms with Gasteiger partial charge in [0, 0.05) is 32.6 Å². The van der Waals surface area contributed by atoms with Crippen LogP contribution in [0.15, 0.2) is 12.1 Å². The van der Waals surface area contributed by atoms with Gasteiger partial charge in [-0.05, 0) is 24.0 Å². The highest BCUT2D eigenvalue weighted by molar-refractivity contribution is 6.58. The Labute approximate surface area is 178 Å². The monoisotopic (exact) mass is 444 g/mol. The van der Waals surface area contributed by atoms with Gasteiger partial charge in [-0.15, -0.1) is 0 Å². The summed E-state index contributed by atoms with van der Waals surface area (Å²) in [6, 6.07) is 0.325. The zero-order valence-electron chi connectivity index (χ0n) is 16.8. The molecule has 10 N–H and O–H groups in total. The first-order valence-corrected chi connectivity index (χ1v) is 9.46. The van der Waals surface area contributed by atoms with Crippen molar-refractivity contribution in [1.29, 1.82) is 0 Å². The number of carbonyl (C=O) groups is 3. The highest BCUT2D eigenvalue weighted by Crippen LogP contribution is 2.15. The van der Waals surface area contributed by atoms with Crippen LogP contribution in [0, 0.1) is 11.6 Å². The molecule has 31 heavy (non-hydrogen) atoms. The van der Waals surface area contributed by atoms with Gasteiger partial charge < -0.3 is 42.8 Å². The van der Waals surface area contributed by atoms with Crippen LogP contribution in [-0.2, 0) is 14.4 Å². The van der Waals surface area contributed by atoms with Gasteiger partial charge in [-0.3, -0.25) is 14.4 Å². The topological polar surface area (TPSA) is 197 Å². The molecule has 1 aromatic carbocycles. The molecule has 14 heteroatoms. The lowest BCUT2D eigenvalue weighted by atomic mass is 9.80. The molecule has 0 fully saturated rings. The van der Waals surface area contributed by atoms with Crippen molar-refractivity contribution in [3.05, 3.63) is 23.8 Å². The van der Waals surface area contributed by atoms with Crippen LogP contribution < -0.4 is 33.3 Å². The highest BCUT2D eigenvalue weighted by Gasteiger charge is 2.21. The fraction of sp³-hybridized carbons (Fsp3) is 0.471. The number of amides is 3. The Morgan fingerprint density at radius 2 is 1.74 bits per heavy atom. The molecule has 0 aliphatic rings. The highest BCUT2D eigenvalue weighted by atomic mass is 19.2. The minimum absolute atomic E-state index is 0.00814. The van der Waals surface area contributed by atoms with Crippen LogP contribution in [0.1, 0.15) is 12.8 Å². The fourth-order valence-electron chi connectivity index (χ4n) is 2.58. The number of nitrogens with one attached hydrogen (secondary N) is 2. The van der Waals surface area contributed by atoms with Gasteiger partial charge >= 0.3 is 7.12 Å². The Balaban J connectivity index is 2.55. The second-order valence-electron chi connectivity index (χ2n) is 6.61. The van der Waals surface area contributed by atoms with Crippen LogP contribution in [0.2, 0.25) is 0 Å². The van der Waals surface area contributed by atoms with Crippen molar-refractivity contribution in [2.45, 2.75) is 18.9 Å². The Kier molecular flexibility index (Phi) is 11.0. The molecule has 1 aromatic rings. The molecule has 0 spiro atoms. The van der Waals surface area contributed by atoms with Gasteiger partial charge in [-0.1, -0.05) is 0 Å². The average Bonchev–Trinajstić information content (AvgIpc) is 2.72. The van der Waals surface area contributed by atoms with E-state index in [2.05, 4.69) is 5.32 Å². The fourth-order valence-corrected chi connectivity index (χ4v) is 2.58. The average molecular weight is 444 g/mol. The van der Waals surface area contributed by atoms with E-state index in [1.54, 1.807) is 0 Å². The minimum atomic E-state index is -2.07. The number of hydrogen-bond donors (Lipinski definition) is 7. The number of benzene rings is 1. The van der Waals surface area contributed by atoms with Gasteiger partial charge in [-0.25, -0.2) is 8.78 Å². The maximum atomic E-state index is 13.8. The number of rotatable bonds is 12. The van der Waals surface area contributed by atoms with Crippen molar-refractivity contribution >= 4 is 36.0 Å². The van der Waals surface area contributed by atoms with E-state index in [0.29, 0.717) is 19.2 Å². The Morgan fingerprint density at radius 1 is 1.13 bits per heavy atom. The number of nitrogens with two attached hydrogens (primary N) is 3. The van der Waals surface area contributed by atoms with Crippen molar-refractivity contribution in [3.8, 4) is 0 Å². The molecule has 0 aliphatic heterocycles. The largest absolute Gasteiger partial charge is 0.488 e. The number of carbonyl (C=O) groups excluding carboxylic acids is 3. The molecule has 0 saturated carbocycles. The lowest BCUT2D eigenvalue weighted by molar-refractivity contribution is -0.131. The van der Waals surface area contributed by atoms with E-state index < -0.39 is 48.8 Å². The molecular formula is C17H27BF2N6O5. The van der Waals surface area contributed by atoms with Crippen LogP contribution in [0.25, 0.3) is 0 Å². The van der Waals surface area contributed by atoms with Crippen molar-refractivity contribution in [1.82, 2.24) is 10.2 Å². The molecule has 0 bridgehead atoms. The van der Waals surface area contributed by atoms with Gasteiger partial charge in [-0.2, -0.15) is 0 Å². The molecule has 0 heterocycles. The summed E-state index contributed by atoms with van der Waals surface area (Å²) in [5, 5.41) is 22.4. The summed E-state index contributed by atoms with van der Waals surface area (Å²) in [5.74, 6) is -4.69. The zero-order valence-corrected chi connectivity index (χ0v) is 16.8. The number of nitrogens with zero attached hydrogens (tertiary/aromatic N) is 1. The molecule has 0 aliphatic carbocycles. The van der Waals surface area contributed by atoms with Crippen molar-refractivity contribution in [3.63, 3.8) is 0 Å². The SMILES string of the molecule is NCCN(CCN)C(=O)CCC(N)C(=O)NCC(=O)Nc1cc(B(O)O)cc(F)c1F. The van der Waals surface area contributed by atoms with Gasteiger partial charge in [0.1, 0.15) is 0 Å². The second kappa shape index (κ2) is 12.9. The maximum Gasteiger partial charge on any atom is 0.488 e. The molecule has 172 valence electrons. The Bertz CT molecular complexity index is 780. The molecule has 1 rings (SSSR count). The Hall–Kier alpha value is -2.65. The number of anilines is 1. The predicted molar refractivity (Wildman–Crippen MR) is 110 cm³/mol. The first-order chi connectivity index (χ1) is 14.6. The third kappa shape index (κ3) is 8.55. The van der Waals surface area contributed by atoms with Crippen LogP contribution in [0.4, 0.5) is 14.5 Å². The number of hydrogen-bond acceptors (Lipinski definition) is 8. The quantitative estimate of drug-likeness (QED) is 0.162. The summed E-state index contributed by atoms with van der Waals surface area (Å²) in [7, 11) is -2.07. The van der Waals surface area contributed by atoms with E-state index in [1.165, 1.54) is 4.90 Å². The van der Waals surface area contributed by atoms with Crippen LogP contribution in [-0.4, -0.2) is 78.6 Å². The molecular weight excluding hydrogens is 417 g/mol. The van der Waals surface area contributed by atoms with Crippen LogP contribution in [0.3, 0.4) is 0 Å². The van der Waals surface area contributed by atoms with E-state index in [-0.39, 0.29) is 37.3 Å². The van der Waals surface area contributed by atoms with Gasteiger partial charge in [0.2, 0.25) is 17.7 Å². The van der Waals surface area contributed by atoms with Gasteiger partial charge in [0.15, 0.2) is 11.6 Å². The Morgan fingerprint density at radius 3 is 2.29 bits per heavy atom. The minimum Gasteiger partial charge on any atom is -0.423 e. The zero-order chi connectivity index (χ0) is 23.6. The van der Waals surface area contributed by atoms with Crippen LogP contribution in [0.5, 0.6) is 0 Å². The summed E-state index contributed by atoms with van der Waals surface area (Å²) in [6.45, 7) is 0.558. The third-order valence-electron chi connectivity index (χ3n) is 4.20. The molecule has 0 radical (unpaired) electrons. The van der Waals surface area contributed by atoms with E-state index in [9.17, 15) is 23.2 Å². The van der Waals surface area contributed by atoms with Gasteiger partial charge in [0.05, 0.1) is 18.3 Å². The standard InChI is InChI=1S/C17H27BF2N6O5/c19-11-7-10(18(30)31)8-13(16(11)20)25-14(27)9-24-17(29)12(23)1-2-15(28)26(5-3-21)6-4-22/h7-8,12,30-31H,1-6,9,21-23H2,(H,24,29)(H,25,27). The molecule has 1 atom stereocenters. The molecule has 11 nitrogen and oxygen atoms in total. The van der Waals surface area contributed by atoms with Crippen molar-refractivity contribution in [2.75, 3.05) is 38.0 Å². The van der Waals surface area contributed by atoms with Crippen molar-refractivity contribution in [2.24, 2.45) is 17.2 Å². The van der Waals surface area contributed by atoms with Crippen molar-refractivity contribution < 1.29 is 33.2 Å². The molecule has 0 aromatic heterocycles. The van der Waals surface area contributed by atoms with E-state index in [1.807, 2.05) is 5.32 Å². The second-order valence-corrected chi connectivity index (χ2v) is 6.61. The van der Waals surface area contributed by atoms with E-state index in [4.69, 9.17) is 27.2 Å². The summed E-state index contributed by atoms with van der Waals surface area (Å²) in [4.78, 5) is 37.5. The van der Waals surface area contributed by atoms with E-state index >= 15 is 0 Å². The summed E-state index contributed by atoms with van der Waals surface area (Å²) < 4.78 is 27.3. The van der Waals surface area contributed by atoms with Crippen LogP contribution >= 0.6 is 0 Å². The third-order valence-corrected chi connectivity index (χ3v) is 4.20. The molecule has 3 amide bonds. The summed E-state index contributed by atoms with van der Waals surface area (Å²) >= 11 is 0. The smallest absolute Gasteiger partial charge is 0.423 e. The normalized spacial score (nSPS) is 11.6. The first kappa shape index (κ1) is 26.4. The lowest BCUT2D eigenvalue weighted by Gasteiger charge is -2.22. The van der Waals surface area contributed by atoms with Gasteiger partial charge in [0.25, 0.3) is 0 Å². The predicted octanol–water partition coefficient (Wildman–Crippen LogP) is -3.45. The first-order valence-electron chi connectivity index (χ1n) is 9.46.